The number of carbonyl (C=O) groups excluding carboxylic acids is 1. The maximum absolute atomic E-state index is 12.9. The predicted octanol–water partition coefficient (Wildman–Crippen LogP) is 2.72. The van der Waals surface area contributed by atoms with Crippen LogP contribution in [0.3, 0.4) is 0 Å². The van der Waals surface area contributed by atoms with Gasteiger partial charge in [-0.25, -0.2) is 9.37 Å². The molecule has 0 aliphatic carbocycles. The van der Waals surface area contributed by atoms with Gasteiger partial charge in [-0.2, -0.15) is 0 Å². The van der Waals surface area contributed by atoms with Gasteiger partial charge in [-0.05, 0) is 30.7 Å². The number of hydrogen-bond donors (Lipinski definition) is 1. The minimum atomic E-state index is -0.285. The Morgan fingerprint density at radius 2 is 2.24 bits per heavy atom. The number of rotatable bonds is 4. The Bertz CT molecular complexity index is 621. The second-order valence-electron chi connectivity index (χ2n) is 4.98. The zero-order valence-corrected chi connectivity index (χ0v) is 12.2. The highest BCUT2D eigenvalue weighted by molar-refractivity contribution is 7.13. The van der Waals surface area contributed by atoms with E-state index in [0.717, 1.165) is 18.6 Å². The van der Waals surface area contributed by atoms with Crippen LogP contribution in [-0.2, 0) is 4.74 Å². The standard InChI is InChI=1S/C15H15FN2O2S/c16-12-3-1-11(2-4-12)15-18-13(9-21-15)14(19)17-7-10-5-6-20-8-10/h1-4,9-10H,5-8H2,(H,17,19)/t10-/m0/s1. The summed E-state index contributed by atoms with van der Waals surface area (Å²) < 4.78 is 18.2. The Labute approximate surface area is 126 Å². The van der Waals surface area contributed by atoms with Crippen LogP contribution in [0.15, 0.2) is 29.6 Å². The van der Waals surface area contributed by atoms with Crippen LogP contribution in [0.4, 0.5) is 4.39 Å². The maximum atomic E-state index is 12.9. The molecule has 1 aliphatic rings. The highest BCUT2D eigenvalue weighted by Crippen LogP contribution is 2.23. The highest BCUT2D eigenvalue weighted by atomic mass is 32.1. The molecule has 1 aromatic carbocycles. The van der Waals surface area contributed by atoms with Crippen molar-refractivity contribution >= 4 is 17.2 Å². The fraction of sp³-hybridized carbons (Fsp3) is 0.333. The van der Waals surface area contributed by atoms with Gasteiger partial charge < -0.3 is 10.1 Å². The van der Waals surface area contributed by atoms with Gasteiger partial charge in [0.25, 0.3) is 5.91 Å². The molecule has 0 saturated carbocycles. The van der Waals surface area contributed by atoms with E-state index in [1.165, 1.54) is 23.5 Å². The molecule has 1 N–H and O–H groups in total. The zero-order chi connectivity index (χ0) is 14.7. The van der Waals surface area contributed by atoms with Crippen molar-refractivity contribution in [2.75, 3.05) is 19.8 Å². The first kappa shape index (κ1) is 14.2. The monoisotopic (exact) mass is 306 g/mol. The Morgan fingerprint density at radius 1 is 1.43 bits per heavy atom. The summed E-state index contributed by atoms with van der Waals surface area (Å²) in [6.07, 6.45) is 0.984. The van der Waals surface area contributed by atoms with Crippen molar-refractivity contribution in [3.63, 3.8) is 0 Å². The summed E-state index contributed by atoms with van der Waals surface area (Å²) in [5.74, 6) is -0.0669. The van der Waals surface area contributed by atoms with Gasteiger partial charge in [-0.15, -0.1) is 11.3 Å². The van der Waals surface area contributed by atoms with Crippen LogP contribution in [0, 0.1) is 11.7 Å². The van der Waals surface area contributed by atoms with Crippen molar-refractivity contribution < 1.29 is 13.9 Å². The van der Waals surface area contributed by atoms with E-state index in [2.05, 4.69) is 10.3 Å². The molecule has 1 aliphatic heterocycles. The van der Waals surface area contributed by atoms with E-state index in [1.807, 2.05) is 0 Å². The molecular weight excluding hydrogens is 291 g/mol. The maximum Gasteiger partial charge on any atom is 0.270 e. The van der Waals surface area contributed by atoms with E-state index in [9.17, 15) is 9.18 Å². The van der Waals surface area contributed by atoms with Gasteiger partial charge in [0.1, 0.15) is 16.5 Å². The third kappa shape index (κ3) is 3.46. The predicted molar refractivity (Wildman–Crippen MR) is 78.8 cm³/mol. The smallest absolute Gasteiger partial charge is 0.270 e. The quantitative estimate of drug-likeness (QED) is 0.945. The number of nitrogens with zero attached hydrogens (tertiary/aromatic N) is 1. The topological polar surface area (TPSA) is 51.2 Å². The minimum absolute atomic E-state index is 0.175. The van der Waals surface area contributed by atoms with Crippen LogP contribution in [-0.4, -0.2) is 30.6 Å². The van der Waals surface area contributed by atoms with Crippen molar-refractivity contribution in [1.29, 1.82) is 0 Å². The number of aromatic nitrogens is 1. The average Bonchev–Trinajstić information content (AvgIpc) is 3.17. The molecule has 110 valence electrons. The lowest BCUT2D eigenvalue weighted by molar-refractivity contribution is 0.0941. The van der Waals surface area contributed by atoms with E-state index in [1.54, 1.807) is 17.5 Å². The fourth-order valence-corrected chi connectivity index (χ4v) is 2.98. The van der Waals surface area contributed by atoms with Crippen molar-refractivity contribution in [3.05, 3.63) is 41.2 Å². The second-order valence-corrected chi connectivity index (χ2v) is 5.84. The summed E-state index contributed by atoms with van der Waals surface area (Å²) in [5.41, 5.74) is 1.21. The summed E-state index contributed by atoms with van der Waals surface area (Å²) in [5, 5.41) is 5.31. The molecule has 0 bridgehead atoms. The molecular formula is C15H15FN2O2S. The van der Waals surface area contributed by atoms with Crippen LogP contribution in [0.5, 0.6) is 0 Å². The highest BCUT2D eigenvalue weighted by Gasteiger charge is 2.18. The number of halogens is 1. The summed E-state index contributed by atoms with van der Waals surface area (Å²) in [7, 11) is 0. The number of thiazole rings is 1. The SMILES string of the molecule is O=C(NC[C@@H]1CCOC1)c1csc(-c2ccc(F)cc2)n1. The van der Waals surface area contributed by atoms with Crippen LogP contribution in [0.25, 0.3) is 10.6 Å². The lowest BCUT2D eigenvalue weighted by Crippen LogP contribution is -2.29. The minimum Gasteiger partial charge on any atom is -0.381 e. The Morgan fingerprint density at radius 3 is 2.95 bits per heavy atom. The molecule has 2 aromatic rings. The second kappa shape index (κ2) is 6.32. The number of hydrogen-bond acceptors (Lipinski definition) is 4. The number of ether oxygens (including phenoxy) is 1. The molecule has 0 unspecified atom stereocenters. The largest absolute Gasteiger partial charge is 0.381 e. The zero-order valence-electron chi connectivity index (χ0n) is 11.3. The van der Waals surface area contributed by atoms with Crippen LogP contribution in [0.2, 0.25) is 0 Å². The summed E-state index contributed by atoms with van der Waals surface area (Å²) in [4.78, 5) is 16.3. The van der Waals surface area contributed by atoms with E-state index in [4.69, 9.17) is 4.74 Å². The molecule has 3 rings (SSSR count). The number of nitrogens with one attached hydrogen (secondary N) is 1. The number of benzene rings is 1. The van der Waals surface area contributed by atoms with Gasteiger partial charge in [0.2, 0.25) is 0 Å². The first-order valence-corrected chi connectivity index (χ1v) is 7.68. The van der Waals surface area contributed by atoms with Crippen LogP contribution < -0.4 is 5.32 Å². The van der Waals surface area contributed by atoms with Crippen molar-refractivity contribution in [2.24, 2.45) is 5.92 Å². The number of amides is 1. The molecule has 1 atom stereocenters. The molecule has 6 heteroatoms. The number of carbonyl (C=O) groups is 1. The molecule has 4 nitrogen and oxygen atoms in total. The van der Waals surface area contributed by atoms with Gasteiger partial charge in [0.05, 0.1) is 6.61 Å². The summed E-state index contributed by atoms with van der Waals surface area (Å²) in [6, 6.07) is 6.09. The van der Waals surface area contributed by atoms with Gasteiger partial charge >= 0.3 is 0 Å². The molecule has 1 saturated heterocycles. The third-order valence-electron chi connectivity index (χ3n) is 3.40. The van der Waals surface area contributed by atoms with Gasteiger partial charge in [0.15, 0.2) is 0 Å². The van der Waals surface area contributed by atoms with Crippen molar-refractivity contribution in [3.8, 4) is 10.6 Å². The van der Waals surface area contributed by atoms with Crippen LogP contribution in [0.1, 0.15) is 16.9 Å². The molecule has 0 spiro atoms. The lowest BCUT2D eigenvalue weighted by atomic mass is 10.1. The van der Waals surface area contributed by atoms with E-state index >= 15 is 0 Å². The third-order valence-corrected chi connectivity index (χ3v) is 4.29. The summed E-state index contributed by atoms with van der Waals surface area (Å²) >= 11 is 1.38. The Hall–Kier alpha value is -1.79. The van der Waals surface area contributed by atoms with E-state index in [0.29, 0.717) is 29.8 Å². The van der Waals surface area contributed by atoms with Crippen LogP contribution >= 0.6 is 11.3 Å². The average molecular weight is 306 g/mol. The molecule has 2 heterocycles. The van der Waals surface area contributed by atoms with E-state index < -0.39 is 0 Å². The van der Waals surface area contributed by atoms with Gasteiger partial charge in [-0.3, -0.25) is 4.79 Å². The van der Waals surface area contributed by atoms with Crippen molar-refractivity contribution in [1.82, 2.24) is 10.3 Å². The Kier molecular flexibility index (Phi) is 4.26. The molecule has 1 amide bonds. The fourth-order valence-electron chi connectivity index (χ4n) is 2.17. The molecule has 0 radical (unpaired) electrons. The van der Waals surface area contributed by atoms with Gasteiger partial charge in [0, 0.05) is 30.0 Å². The first-order valence-electron chi connectivity index (χ1n) is 6.80. The normalized spacial score (nSPS) is 17.9. The molecule has 1 aromatic heterocycles. The Balaban J connectivity index is 1.63. The first-order chi connectivity index (χ1) is 10.2. The lowest BCUT2D eigenvalue weighted by Gasteiger charge is -2.07. The van der Waals surface area contributed by atoms with E-state index in [-0.39, 0.29) is 11.7 Å². The summed E-state index contributed by atoms with van der Waals surface area (Å²) in [6.45, 7) is 2.09. The van der Waals surface area contributed by atoms with Gasteiger partial charge in [-0.1, -0.05) is 0 Å². The molecule has 21 heavy (non-hydrogen) atoms. The molecule has 1 fully saturated rings. The van der Waals surface area contributed by atoms with Crippen molar-refractivity contribution in [2.45, 2.75) is 6.42 Å².